The first-order chi connectivity index (χ1) is 10.0. The van der Waals surface area contributed by atoms with Crippen LogP contribution in [0.1, 0.15) is 18.6 Å². The maximum absolute atomic E-state index is 11.1. The number of nitro groups is 1. The molecule has 21 heavy (non-hydrogen) atoms. The fraction of sp³-hybridized carbons (Fsp3) is 0.200. The zero-order chi connectivity index (χ0) is 15.4. The van der Waals surface area contributed by atoms with Crippen LogP contribution in [0.15, 0.2) is 42.5 Å². The Morgan fingerprint density at radius 3 is 2.29 bits per heavy atom. The summed E-state index contributed by atoms with van der Waals surface area (Å²) in [5, 5.41) is 20.5. The van der Waals surface area contributed by atoms with Crippen LogP contribution in [-0.4, -0.2) is 17.1 Å². The van der Waals surface area contributed by atoms with E-state index in [1.165, 1.54) is 19.2 Å². The molecule has 2 rings (SSSR count). The van der Waals surface area contributed by atoms with Gasteiger partial charge in [0.15, 0.2) is 0 Å². The number of aliphatic hydroxyl groups is 1. The van der Waals surface area contributed by atoms with Gasteiger partial charge in [-0.3, -0.25) is 10.1 Å². The molecule has 0 fully saturated rings. The van der Waals surface area contributed by atoms with Crippen molar-refractivity contribution in [1.29, 1.82) is 0 Å². The first-order valence-corrected chi connectivity index (χ1v) is 6.29. The van der Waals surface area contributed by atoms with Gasteiger partial charge in [0.1, 0.15) is 11.5 Å². The van der Waals surface area contributed by atoms with Crippen molar-refractivity contribution in [3.63, 3.8) is 0 Å². The molecule has 0 aromatic heterocycles. The molecule has 6 heteroatoms. The van der Waals surface area contributed by atoms with Crippen LogP contribution in [0.2, 0.25) is 0 Å². The number of hydrogen-bond donors (Lipinski definition) is 1. The molecule has 110 valence electrons. The normalized spacial score (nSPS) is 11.8. The largest absolute Gasteiger partial charge is 0.496 e. The minimum atomic E-state index is -0.575. The molecule has 6 nitrogen and oxygen atoms in total. The van der Waals surface area contributed by atoms with Gasteiger partial charge in [-0.25, -0.2) is 0 Å². The van der Waals surface area contributed by atoms with E-state index in [1.807, 2.05) is 0 Å². The van der Waals surface area contributed by atoms with Gasteiger partial charge in [-0.15, -0.1) is 0 Å². The molecule has 0 saturated carbocycles. The van der Waals surface area contributed by atoms with Gasteiger partial charge >= 0.3 is 5.69 Å². The van der Waals surface area contributed by atoms with Crippen LogP contribution in [-0.2, 0) is 0 Å². The molecule has 2 aromatic carbocycles. The molecular formula is C15H15NO5. The van der Waals surface area contributed by atoms with Crippen LogP contribution in [0.25, 0.3) is 0 Å². The van der Waals surface area contributed by atoms with E-state index >= 15 is 0 Å². The zero-order valence-corrected chi connectivity index (χ0v) is 11.6. The van der Waals surface area contributed by atoms with Gasteiger partial charge in [0.2, 0.25) is 5.75 Å². The average Bonchev–Trinajstić information content (AvgIpc) is 2.48. The number of ether oxygens (including phenoxy) is 2. The Morgan fingerprint density at radius 2 is 1.76 bits per heavy atom. The van der Waals surface area contributed by atoms with Crippen LogP contribution in [0, 0.1) is 10.1 Å². The molecule has 0 aliphatic heterocycles. The van der Waals surface area contributed by atoms with Crippen LogP contribution in [0.3, 0.4) is 0 Å². The quantitative estimate of drug-likeness (QED) is 0.673. The molecule has 0 aliphatic rings. The zero-order valence-electron chi connectivity index (χ0n) is 11.6. The van der Waals surface area contributed by atoms with Crippen molar-refractivity contribution in [2.24, 2.45) is 0 Å². The maximum Gasteiger partial charge on any atom is 0.315 e. The number of methoxy groups -OCH3 is 1. The van der Waals surface area contributed by atoms with Gasteiger partial charge in [0.25, 0.3) is 0 Å². The van der Waals surface area contributed by atoms with Gasteiger partial charge in [0, 0.05) is 0 Å². The summed E-state index contributed by atoms with van der Waals surface area (Å²) in [6.45, 7) is 1.66. The monoisotopic (exact) mass is 289 g/mol. The highest BCUT2D eigenvalue weighted by atomic mass is 16.6. The Hall–Kier alpha value is -2.60. The molecule has 0 unspecified atom stereocenters. The van der Waals surface area contributed by atoms with E-state index in [0.29, 0.717) is 11.5 Å². The Balaban J connectivity index is 2.28. The number of benzene rings is 2. The van der Waals surface area contributed by atoms with Crippen molar-refractivity contribution in [2.75, 3.05) is 7.11 Å². The molecule has 0 amide bonds. The first kappa shape index (κ1) is 14.8. The lowest BCUT2D eigenvalue weighted by Crippen LogP contribution is -1.95. The van der Waals surface area contributed by atoms with Gasteiger partial charge in [-0.2, -0.15) is 0 Å². The molecule has 1 atom stereocenters. The first-order valence-electron chi connectivity index (χ1n) is 6.29. The Bertz CT molecular complexity index is 637. The lowest BCUT2D eigenvalue weighted by atomic mass is 10.1. The van der Waals surface area contributed by atoms with E-state index in [2.05, 4.69) is 0 Å². The Kier molecular flexibility index (Phi) is 4.39. The highest BCUT2D eigenvalue weighted by Crippen LogP contribution is 2.34. The van der Waals surface area contributed by atoms with Crippen molar-refractivity contribution in [3.05, 3.63) is 58.1 Å². The van der Waals surface area contributed by atoms with Crippen molar-refractivity contribution in [3.8, 4) is 17.2 Å². The summed E-state index contributed by atoms with van der Waals surface area (Å²) in [6.07, 6.45) is -0.575. The van der Waals surface area contributed by atoms with E-state index in [-0.39, 0.29) is 11.4 Å². The number of nitrogens with zero attached hydrogens (tertiary/aromatic N) is 1. The minimum absolute atomic E-state index is 0.130. The molecule has 0 radical (unpaired) electrons. The molecular weight excluding hydrogens is 274 g/mol. The van der Waals surface area contributed by atoms with Crippen molar-refractivity contribution in [2.45, 2.75) is 13.0 Å². The predicted molar refractivity (Wildman–Crippen MR) is 76.8 cm³/mol. The highest BCUT2D eigenvalue weighted by molar-refractivity contribution is 5.52. The molecule has 2 aromatic rings. The summed E-state index contributed by atoms with van der Waals surface area (Å²) in [7, 11) is 1.44. The number of nitro benzene ring substituents is 1. The van der Waals surface area contributed by atoms with E-state index in [1.54, 1.807) is 37.3 Å². The summed E-state index contributed by atoms with van der Waals surface area (Å²) < 4.78 is 10.5. The third-order valence-electron chi connectivity index (χ3n) is 2.95. The third-order valence-corrected chi connectivity index (χ3v) is 2.95. The van der Waals surface area contributed by atoms with Gasteiger partial charge < -0.3 is 14.6 Å². The minimum Gasteiger partial charge on any atom is -0.496 e. The van der Waals surface area contributed by atoms with Crippen LogP contribution in [0.4, 0.5) is 5.69 Å². The van der Waals surface area contributed by atoms with Crippen LogP contribution >= 0.6 is 0 Å². The topological polar surface area (TPSA) is 81.8 Å². The average molecular weight is 289 g/mol. The summed E-state index contributed by atoms with van der Waals surface area (Å²) in [4.78, 5) is 10.5. The molecule has 0 spiro atoms. The van der Waals surface area contributed by atoms with Crippen molar-refractivity contribution < 1.29 is 19.5 Å². The molecule has 0 aliphatic carbocycles. The number of aliphatic hydroxyl groups excluding tert-OH is 1. The van der Waals surface area contributed by atoms with Gasteiger partial charge in [-0.05, 0) is 36.8 Å². The predicted octanol–water partition coefficient (Wildman–Crippen LogP) is 3.45. The fourth-order valence-corrected chi connectivity index (χ4v) is 1.79. The molecule has 0 bridgehead atoms. The summed E-state index contributed by atoms with van der Waals surface area (Å²) in [5.74, 6) is 0.969. The summed E-state index contributed by atoms with van der Waals surface area (Å²) in [5.41, 5.74) is 0.570. The molecule has 0 heterocycles. The standard InChI is InChI=1S/C15H15NO5/c1-10(17)11-3-5-12(6-4-11)21-15-8-7-13(20-2)9-14(15)16(18)19/h3-10,17H,1-2H3/t10-/m1/s1. The molecule has 0 saturated heterocycles. The smallest absolute Gasteiger partial charge is 0.315 e. The highest BCUT2D eigenvalue weighted by Gasteiger charge is 2.17. The van der Waals surface area contributed by atoms with E-state index in [4.69, 9.17) is 9.47 Å². The van der Waals surface area contributed by atoms with Gasteiger partial charge in [0.05, 0.1) is 24.2 Å². The lowest BCUT2D eigenvalue weighted by molar-refractivity contribution is -0.385. The number of hydrogen-bond acceptors (Lipinski definition) is 5. The maximum atomic E-state index is 11.1. The van der Waals surface area contributed by atoms with Crippen molar-refractivity contribution >= 4 is 5.69 Å². The van der Waals surface area contributed by atoms with Gasteiger partial charge in [-0.1, -0.05) is 12.1 Å². The Morgan fingerprint density at radius 1 is 1.14 bits per heavy atom. The second-order valence-electron chi connectivity index (χ2n) is 4.44. The van der Waals surface area contributed by atoms with Crippen molar-refractivity contribution in [1.82, 2.24) is 0 Å². The number of rotatable bonds is 5. The fourth-order valence-electron chi connectivity index (χ4n) is 1.79. The summed E-state index contributed by atoms with van der Waals surface area (Å²) in [6, 6.07) is 11.1. The van der Waals surface area contributed by atoms with Crippen LogP contribution in [0.5, 0.6) is 17.2 Å². The van der Waals surface area contributed by atoms with E-state index in [0.717, 1.165) is 5.56 Å². The third kappa shape index (κ3) is 3.49. The second kappa shape index (κ2) is 6.23. The van der Waals surface area contributed by atoms with E-state index in [9.17, 15) is 15.2 Å². The lowest BCUT2D eigenvalue weighted by Gasteiger charge is -2.09. The SMILES string of the molecule is COc1ccc(Oc2ccc([C@@H](C)O)cc2)c([N+](=O)[O-])c1. The Labute approximate surface area is 121 Å². The van der Waals surface area contributed by atoms with E-state index < -0.39 is 11.0 Å². The van der Waals surface area contributed by atoms with Crippen LogP contribution < -0.4 is 9.47 Å². The molecule has 1 N–H and O–H groups in total. The summed E-state index contributed by atoms with van der Waals surface area (Å²) >= 11 is 0. The second-order valence-corrected chi connectivity index (χ2v) is 4.44.